The van der Waals surface area contributed by atoms with Crippen LogP contribution in [0.5, 0.6) is 5.75 Å². The zero-order valence-electron chi connectivity index (χ0n) is 12.2. The van der Waals surface area contributed by atoms with Crippen molar-refractivity contribution >= 4 is 5.78 Å². The van der Waals surface area contributed by atoms with Crippen LogP contribution in [-0.2, 0) is 11.3 Å². The molecule has 0 aliphatic rings. The van der Waals surface area contributed by atoms with E-state index in [1.54, 1.807) is 12.1 Å². The summed E-state index contributed by atoms with van der Waals surface area (Å²) in [6.45, 7) is 2.31. The molecule has 2 rings (SSSR count). The maximum absolute atomic E-state index is 12.2. The molecule has 0 aliphatic heterocycles. The van der Waals surface area contributed by atoms with Crippen LogP contribution in [0.25, 0.3) is 0 Å². The highest BCUT2D eigenvalue weighted by atomic mass is 16.5. The van der Waals surface area contributed by atoms with Gasteiger partial charge in [-0.25, -0.2) is 0 Å². The van der Waals surface area contributed by atoms with E-state index in [1.807, 2.05) is 43.3 Å². The highest BCUT2D eigenvalue weighted by molar-refractivity contribution is 6.00. The maximum Gasteiger partial charge on any atom is 0.206 e. The largest absolute Gasteiger partial charge is 0.489 e. The second-order valence-electron chi connectivity index (χ2n) is 4.78. The number of benzene rings is 2. The van der Waals surface area contributed by atoms with Gasteiger partial charge in [0, 0.05) is 18.2 Å². The summed E-state index contributed by atoms with van der Waals surface area (Å²) in [7, 11) is 1.41. The summed E-state index contributed by atoms with van der Waals surface area (Å²) in [6, 6.07) is 15.0. The first-order valence-electron chi connectivity index (χ1n) is 6.72. The fraction of sp³-hybridized carbons (Fsp3) is 0.235. The summed E-state index contributed by atoms with van der Waals surface area (Å²) >= 11 is 0. The molecule has 0 radical (unpaired) electrons. The summed E-state index contributed by atoms with van der Waals surface area (Å²) in [5.74, 6) is 0.522. The molecule has 0 amide bonds. The summed E-state index contributed by atoms with van der Waals surface area (Å²) < 4.78 is 10.6. The molecule has 4 heteroatoms. The van der Waals surface area contributed by atoms with Crippen molar-refractivity contribution in [3.8, 4) is 5.75 Å². The molecule has 0 aliphatic carbocycles. The number of hydrogen-bond acceptors (Lipinski definition) is 4. The number of aryl methyl sites for hydroxylation is 1. The van der Waals surface area contributed by atoms with Gasteiger partial charge in [-0.1, -0.05) is 36.4 Å². The summed E-state index contributed by atoms with van der Waals surface area (Å²) in [6.07, 6.45) is -0.954. The van der Waals surface area contributed by atoms with Gasteiger partial charge in [-0.3, -0.25) is 10.5 Å². The first-order valence-corrected chi connectivity index (χ1v) is 6.72. The van der Waals surface area contributed by atoms with E-state index in [1.165, 1.54) is 7.11 Å². The summed E-state index contributed by atoms with van der Waals surface area (Å²) in [5.41, 5.74) is 8.07. The van der Waals surface area contributed by atoms with Gasteiger partial charge < -0.3 is 9.47 Å². The molecule has 0 heterocycles. The molecule has 0 fully saturated rings. The number of Topliss-reactive ketones (excluding diaryl/α,β-unsaturated/α-hetero) is 1. The molecule has 1 atom stereocenters. The molecule has 2 aromatic carbocycles. The van der Waals surface area contributed by atoms with Crippen LogP contribution in [-0.4, -0.2) is 19.1 Å². The van der Waals surface area contributed by atoms with E-state index in [4.69, 9.17) is 15.2 Å². The van der Waals surface area contributed by atoms with Crippen molar-refractivity contribution in [1.29, 1.82) is 0 Å². The number of hydrogen-bond donors (Lipinski definition) is 1. The van der Waals surface area contributed by atoms with E-state index in [9.17, 15) is 4.79 Å². The Morgan fingerprint density at radius 1 is 1.19 bits per heavy atom. The molecule has 0 spiro atoms. The monoisotopic (exact) mass is 285 g/mol. The van der Waals surface area contributed by atoms with Crippen molar-refractivity contribution in [3.05, 3.63) is 65.2 Å². The predicted molar refractivity (Wildman–Crippen MR) is 81.3 cm³/mol. The van der Waals surface area contributed by atoms with Gasteiger partial charge in [0.2, 0.25) is 5.78 Å². The van der Waals surface area contributed by atoms with Crippen LogP contribution >= 0.6 is 0 Å². The fourth-order valence-electron chi connectivity index (χ4n) is 2.01. The second-order valence-corrected chi connectivity index (χ2v) is 4.78. The third-order valence-electron chi connectivity index (χ3n) is 3.18. The third kappa shape index (κ3) is 3.90. The van der Waals surface area contributed by atoms with Crippen LogP contribution < -0.4 is 10.5 Å². The van der Waals surface area contributed by atoms with Gasteiger partial charge in [-0.05, 0) is 24.6 Å². The Morgan fingerprint density at radius 3 is 2.67 bits per heavy atom. The minimum atomic E-state index is -0.954. The van der Waals surface area contributed by atoms with Crippen LogP contribution in [0.3, 0.4) is 0 Å². The van der Waals surface area contributed by atoms with Crippen molar-refractivity contribution in [2.45, 2.75) is 19.8 Å². The van der Waals surface area contributed by atoms with Gasteiger partial charge in [0.15, 0.2) is 6.23 Å². The number of rotatable bonds is 6. The maximum atomic E-state index is 12.2. The topological polar surface area (TPSA) is 61.5 Å². The summed E-state index contributed by atoms with van der Waals surface area (Å²) in [4.78, 5) is 12.2. The smallest absolute Gasteiger partial charge is 0.206 e. The number of carbonyl (C=O) groups is 1. The number of ether oxygens (including phenoxy) is 2. The first kappa shape index (κ1) is 15.2. The predicted octanol–water partition coefficient (Wildman–Crippen LogP) is 2.69. The molecule has 2 aromatic rings. The van der Waals surface area contributed by atoms with Crippen LogP contribution in [0.1, 0.15) is 21.5 Å². The van der Waals surface area contributed by atoms with Gasteiger partial charge >= 0.3 is 0 Å². The Balaban J connectivity index is 2.15. The quantitative estimate of drug-likeness (QED) is 0.655. The van der Waals surface area contributed by atoms with Gasteiger partial charge in [-0.2, -0.15) is 0 Å². The van der Waals surface area contributed by atoms with Crippen molar-refractivity contribution < 1.29 is 14.3 Å². The van der Waals surface area contributed by atoms with Crippen molar-refractivity contribution in [2.24, 2.45) is 5.73 Å². The Labute approximate surface area is 124 Å². The van der Waals surface area contributed by atoms with E-state index >= 15 is 0 Å². The average Bonchev–Trinajstić information content (AvgIpc) is 2.52. The first-order chi connectivity index (χ1) is 10.1. The highest BCUT2D eigenvalue weighted by Crippen LogP contribution is 2.17. The molecular formula is C17H19NO3. The number of carbonyl (C=O) groups excluding carboxylic acids is 1. The Morgan fingerprint density at radius 2 is 1.95 bits per heavy atom. The standard InChI is InChI=1S/C17H19NO3/c1-12-6-5-8-14(10-12)21-11-13-7-3-4-9-15(13)16(19)17(18)20-2/h3-10,17H,11,18H2,1-2H3. The molecule has 110 valence electrons. The van der Waals surface area contributed by atoms with E-state index in [-0.39, 0.29) is 5.78 Å². The normalized spacial score (nSPS) is 12.0. The summed E-state index contributed by atoms with van der Waals surface area (Å²) in [5, 5.41) is 0. The minimum absolute atomic E-state index is 0.249. The Bertz CT molecular complexity index is 625. The lowest BCUT2D eigenvalue weighted by molar-refractivity contribution is 0.0621. The van der Waals surface area contributed by atoms with E-state index in [2.05, 4.69) is 0 Å². The zero-order chi connectivity index (χ0) is 15.2. The second kappa shape index (κ2) is 7.02. The number of ketones is 1. The minimum Gasteiger partial charge on any atom is -0.489 e. The molecular weight excluding hydrogens is 266 g/mol. The van der Waals surface area contributed by atoms with Crippen LogP contribution in [0, 0.1) is 6.92 Å². The lowest BCUT2D eigenvalue weighted by Gasteiger charge is -2.13. The molecule has 1 unspecified atom stereocenters. The van der Waals surface area contributed by atoms with Crippen LogP contribution in [0.4, 0.5) is 0 Å². The van der Waals surface area contributed by atoms with E-state index in [0.717, 1.165) is 16.9 Å². The van der Waals surface area contributed by atoms with Crippen LogP contribution in [0.2, 0.25) is 0 Å². The van der Waals surface area contributed by atoms with Crippen molar-refractivity contribution in [3.63, 3.8) is 0 Å². The van der Waals surface area contributed by atoms with Gasteiger partial charge in [0.1, 0.15) is 12.4 Å². The fourth-order valence-corrected chi connectivity index (χ4v) is 2.01. The van der Waals surface area contributed by atoms with E-state index in [0.29, 0.717) is 12.2 Å². The molecule has 0 saturated heterocycles. The molecule has 4 nitrogen and oxygen atoms in total. The van der Waals surface area contributed by atoms with Crippen LogP contribution in [0.15, 0.2) is 48.5 Å². The molecule has 21 heavy (non-hydrogen) atoms. The number of nitrogens with two attached hydrogens (primary N) is 1. The lowest BCUT2D eigenvalue weighted by atomic mass is 10.0. The Hall–Kier alpha value is -2.17. The van der Waals surface area contributed by atoms with Crippen molar-refractivity contribution in [1.82, 2.24) is 0 Å². The molecule has 2 N–H and O–H groups in total. The highest BCUT2D eigenvalue weighted by Gasteiger charge is 2.18. The SMILES string of the molecule is COC(N)C(=O)c1ccccc1COc1cccc(C)c1. The van der Waals surface area contributed by atoms with Crippen molar-refractivity contribution in [2.75, 3.05) is 7.11 Å². The van der Waals surface area contributed by atoms with Gasteiger partial charge in [-0.15, -0.1) is 0 Å². The van der Waals surface area contributed by atoms with Gasteiger partial charge in [0.05, 0.1) is 0 Å². The molecule has 0 aromatic heterocycles. The Kier molecular flexibility index (Phi) is 5.09. The average molecular weight is 285 g/mol. The zero-order valence-corrected chi connectivity index (χ0v) is 12.2. The lowest BCUT2D eigenvalue weighted by Crippen LogP contribution is -2.32. The molecule has 0 saturated carbocycles. The molecule has 0 bridgehead atoms. The van der Waals surface area contributed by atoms with E-state index < -0.39 is 6.23 Å². The third-order valence-corrected chi connectivity index (χ3v) is 3.18. The van der Waals surface area contributed by atoms with Gasteiger partial charge in [0.25, 0.3) is 0 Å². The number of methoxy groups -OCH3 is 1.